The molecule has 0 unspecified atom stereocenters. The third kappa shape index (κ3) is 7.17. The number of carbonyl (C=O) groups is 1. The second kappa shape index (κ2) is 11.4. The van der Waals surface area contributed by atoms with Crippen LogP contribution in [0.25, 0.3) is 0 Å². The third-order valence-corrected chi connectivity index (χ3v) is 4.87. The largest absolute Gasteiger partial charge is 0.493 e. The van der Waals surface area contributed by atoms with Crippen molar-refractivity contribution >= 4 is 17.6 Å². The Kier molecular flexibility index (Phi) is 8.34. The van der Waals surface area contributed by atoms with Gasteiger partial charge in [-0.1, -0.05) is 35.9 Å². The number of rotatable bonds is 11. The number of ether oxygens (including phenoxy) is 3. The standard InChI is InChI=1S/C25H24ClFO5/c1-17(13-14-30-21-10-7-18(22(27)16-21)8-12-25(28)29)31-23-11-9-19(26)15-24(23)32-20-5-3-2-4-6-20/h2-7,9-11,15-17H,8,12-14H2,1H3,(H,28,29)/t17-/m1/s1. The van der Waals surface area contributed by atoms with E-state index in [-0.39, 0.29) is 18.9 Å². The number of aliphatic carboxylic acids is 1. The Morgan fingerprint density at radius 3 is 2.53 bits per heavy atom. The van der Waals surface area contributed by atoms with Crippen LogP contribution in [0, 0.1) is 5.82 Å². The van der Waals surface area contributed by atoms with Gasteiger partial charge in [0.25, 0.3) is 0 Å². The predicted molar refractivity (Wildman–Crippen MR) is 121 cm³/mol. The number of halogens is 2. The maximum absolute atomic E-state index is 14.1. The number of para-hydroxylation sites is 1. The number of hydrogen-bond acceptors (Lipinski definition) is 4. The van der Waals surface area contributed by atoms with Gasteiger partial charge in [-0.2, -0.15) is 0 Å². The highest BCUT2D eigenvalue weighted by molar-refractivity contribution is 6.30. The average molecular weight is 459 g/mol. The van der Waals surface area contributed by atoms with E-state index < -0.39 is 11.8 Å². The van der Waals surface area contributed by atoms with Crippen molar-refractivity contribution in [1.82, 2.24) is 0 Å². The van der Waals surface area contributed by atoms with Crippen molar-refractivity contribution in [2.24, 2.45) is 0 Å². The molecule has 3 aromatic rings. The molecule has 7 heteroatoms. The van der Waals surface area contributed by atoms with Gasteiger partial charge in [0.2, 0.25) is 0 Å². The number of carboxylic acids is 1. The van der Waals surface area contributed by atoms with Crippen molar-refractivity contribution < 1.29 is 28.5 Å². The van der Waals surface area contributed by atoms with Crippen molar-refractivity contribution in [3.8, 4) is 23.0 Å². The topological polar surface area (TPSA) is 65.0 Å². The molecule has 3 aromatic carbocycles. The number of benzene rings is 3. The summed E-state index contributed by atoms with van der Waals surface area (Å²) in [6.07, 6.45) is 0.373. The highest BCUT2D eigenvalue weighted by Crippen LogP contribution is 2.35. The van der Waals surface area contributed by atoms with E-state index in [4.69, 9.17) is 30.9 Å². The van der Waals surface area contributed by atoms with E-state index in [1.165, 1.54) is 6.07 Å². The van der Waals surface area contributed by atoms with E-state index in [1.807, 2.05) is 37.3 Å². The summed E-state index contributed by atoms with van der Waals surface area (Å²) in [6.45, 7) is 2.22. The van der Waals surface area contributed by atoms with Crippen LogP contribution in [0.5, 0.6) is 23.0 Å². The lowest BCUT2D eigenvalue weighted by Gasteiger charge is -2.18. The summed E-state index contributed by atoms with van der Waals surface area (Å²) in [4.78, 5) is 10.6. The molecule has 3 rings (SSSR count). The lowest BCUT2D eigenvalue weighted by molar-refractivity contribution is -0.136. The van der Waals surface area contributed by atoms with Gasteiger partial charge in [0.15, 0.2) is 11.5 Å². The van der Waals surface area contributed by atoms with Gasteiger partial charge in [0.05, 0.1) is 12.7 Å². The van der Waals surface area contributed by atoms with Crippen LogP contribution < -0.4 is 14.2 Å². The Labute approximate surface area is 191 Å². The first-order valence-electron chi connectivity index (χ1n) is 10.2. The van der Waals surface area contributed by atoms with Crippen LogP contribution in [0.1, 0.15) is 25.3 Å². The molecule has 0 radical (unpaired) electrons. The lowest BCUT2D eigenvalue weighted by Crippen LogP contribution is -2.16. The quantitative estimate of drug-likeness (QED) is 0.354. The predicted octanol–water partition coefficient (Wildman–Crippen LogP) is 6.53. The van der Waals surface area contributed by atoms with Gasteiger partial charge < -0.3 is 19.3 Å². The Balaban J connectivity index is 1.53. The zero-order valence-corrected chi connectivity index (χ0v) is 18.3. The molecule has 0 amide bonds. The van der Waals surface area contributed by atoms with E-state index in [0.29, 0.717) is 46.6 Å². The van der Waals surface area contributed by atoms with Gasteiger partial charge in [-0.15, -0.1) is 0 Å². The van der Waals surface area contributed by atoms with Gasteiger partial charge >= 0.3 is 5.97 Å². The lowest BCUT2D eigenvalue weighted by atomic mass is 10.1. The van der Waals surface area contributed by atoms with Crippen LogP contribution in [-0.2, 0) is 11.2 Å². The fourth-order valence-corrected chi connectivity index (χ4v) is 3.12. The molecule has 1 atom stereocenters. The second-order valence-electron chi connectivity index (χ2n) is 7.22. The summed E-state index contributed by atoms with van der Waals surface area (Å²) in [5.74, 6) is 0.682. The van der Waals surface area contributed by atoms with E-state index in [1.54, 1.807) is 30.3 Å². The SMILES string of the molecule is C[C@H](CCOc1ccc(CCC(=O)O)c(F)c1)Oc1ccc(Cl)cc1Oc1ccccc1. The van der Waals surface area contributed by atoms with Crippen LogP contribution in [0.4, 0.5) is 4.39 Å². The highest BCUT2D eigenvalue weighted by atomic mass is 35.5. The zero-order chi connectivity index (χ0) is 22.9. The first-order valence-corrected chi connectivity index (χ1v) is 10.6. The Bertz CT molecular complexity index is 1040. The maximum Gasteiger partial charge on any atom is 0.303 e. The summed E-state index contributed by atoms with van der Waals surface area (Å²) in [5.41, 5.74) is 0.352. The molecule has 0 saturated heterocycles. The molecule has 168 valence electrons. The first-order chi connectivity index (χ1) is 15.4. The second-order valence-corrected chi connectivity index (χ2v) is 7.66. The fraction of sp³-hybridized carbons (Fsp3) is 0.240. The molecule has 1 N–H and O–H groups in total. The van der Waals surface area contributed by atoms with Gasteiger partial charge in [0, 0.05) is 30.0 Å². The summed E-state index contributed by atoms with van der Waals surface area (Å²) in [6, 6.07) is 19.0. The van der Waals surface area contributed by atoms with Crippen LogP contribution in [-0.4, -0.2) is 23.8 Å². The van der Waals surface area contributed by atoms with Crippen LogP contribution >= 0.6 is 11.6 Å². The van der Waals surface area contributed by atoms with Crippen LogP contribution in [0.2, 0.25) is 5.02 Å². The minimum absolute atomic E-state index is 0.118. The molecule has 32 heavy (non-hydrogen) atoms. The minimum Gasteiger partial charge on any atom is -0.493 e. The van der Waals surface area contributed by atoms with Crippen LogP contribution in [0.3, 0.4) is 0 Å². The third-order valence-electron chi connectivity index (χ3n) is 4.63. The summed E-state index contributed by atoms with van der Waals surface area (Å²) in [5, 5.41) is 9.26. The molecule has 0 spiro atoms. The van der Waals surface area contributed by atoms with Crippen LogP contribution in [0.15, 0.2) is 66.7 Å². The Morgan fingerprint density at radius 1 is 1.03 bits per heavy atom. The highest BCUT2D eigenvalue weighted by Gasteiger charge is 2.12. The average Bonchev–Trinajstić information content (AvgIpc) is 2.76. The number of hydrogen-bond donors (Lipinski definition) is 1. The number of carboxylic acid groups (broad SMARTS) is 1. The van der Waals surface area contributed by atoms with E-state index in [2.05, 4.69) is 0 Å². The molecule has 0 saturated carbocycles. The molecular weight excluding hydrogens is 435 g/mol. The van der Waals surface area contributed by atoms with Gasteiger partial charge in [0.1, 0.15) is 17.3 Å². The number of aryl methyl sites for hydroxylation is 1. The molecule has 5 nitrogen and oxygen atoms in total. The van der Waals surface area contributed by atoms with E-state index in [9.17, 15) is 9.18 Å². The van der Waals surface area contributed by atoms with E-state index >= 15 is 0 Å². The molecular formula is C25H24ClFO5. The molecule has 0 aliphatic rings. The molecule has 0 heterocycles. The summed E-state index contributed by atoms with van der Waals surface area (Å²) >= 11 is 6.11. The van der Waals surface area contributed by atoms with Gasteiger partial charge in [-0.25, -0.2) is 4.39 Å². The summed E-state index contributed by atoms with van der Waals surface area (Å²) in [7, 11) is 0. The van der Waals surface area contributed by atoms with Gasteiger partial charge in [-0.05, 0) is 49.2 Å². The monoisotopic (exact) mass is 458 g/mol. The molecule has 0 bridgehead atoms. The first kappa shape index (κ1) is 23.4. The van der Waals surface area contributed by atoms with Crippen molar-refractivity contribution in [1.29, 1.82) is 0 Å². The fourth-order valence-electron chi connectivity index (χ4n) is 2.96. The van der Waals surface area contributed by atoms with Gasteiger partial charge in [-0.3, -0.25) is 4.79 Å². The molecule has 0 fully saturated rings. The maximum atomic E-state index is 14.1. The van der Waals surface area contributed by atoms with Crippen molar-refractivity contribution in [2.75, 3.05) is 6.61 Å². The minimum atomic E-state index is -0.961. The van der Waals surface area contributed by atoms with Crippen molar-refractivity contribution in [3.05, 3.63) is 83.1 Å². The zero-order valence-electron chi connectivity index (χ0n) is 17.6. The Hall–Kier alpha value is -3.25. The van der Waals surface area contributed by atoms with E-state index in [0.717, 1.165) is 0 Å². The summed E-state index contributed by atoms with van der Waals surface area (Å²) < 4.78 is 31.7. The van der Waals surface area contributed by atoms with Crippen molar-refractivity contribution in [3.63, 3.8) is 0 Å². The normalized spacial score (nSPS) is 11.6. The Morgan fingerprint density at radius 2 is 1.81 bits per heavy atom. The smallest absolute Gasteiger partial charge is 0.303 e. The van der Waals surface area contributed by atoms with Crippen molar-refractivity contribution in [2.45, 2.75) is 32.3 Å². The molecule has 0 aromatic heterocycles. The molecule has 0 aliphatic carbocycles. The molecule has 0 aliphatic heterocycles.